The van der Waals surface area contributed by atoms with Crippen molar-refractivity contribution in [2.75, 3.05) is 13.7 Å². The minimum Gasteiger partial charge on any atom is -0.467 e. The van der Waals surface area contributed by atoms with Crippen molar-refractivity contribution in [3.8, 4) is 0 Å². The molecule has 2 aliphatic rings. The Balaban J connectivity index is 1.51. The van der Waals surface area contributed by atoms with Crippen molar-refractivity contribution in [3.63, 3.8) is 0 Å². The first-order chi connectivity index (χ1) is 26.2. The van der Waals surface area contributed by atoms with Gasteiger partial charge in [-0.05, 0) is 22.2 Å². The van der Waals surface area contributed by atoms with Crippen molar-refractivity contribution in [1.29, 1.82) is 0 Å². The molecular formula is C38H43N3O13. The second-order valence-corrected chi connectivity index (χ2v) is 12.5. The molecule has 0 amide bonds. The summed E-state index contributed by atoms with van der Waals surface area (Å²) in [4.78, 5) is 41.0. The standard InChI is InChI=1S/C38H43N3O13/c1-23(42)50-35-32(49-21-27-17-11-6-12-18-27)33(34(36(45)46-3)54-38(35)51-24(2)43)53-37-29(40-41-39)31(48-20-26-15-9-5-10-16-26)30(44)28(52-37)22-47-19-25-13-7-4-8-14-25/h4-18,28-35,37-38,44H,19-22H2,1-3H3/t28-,29-,30-,31-,32+,33+,34-,35-,37-,38+/m1/s1. The van der Waals surface area contributed by atoms with E-state index in [-0.39, 0.29) is 26.4 Å². The minimum absolute atomic E-state index is 0.0169. The highest BCUT2D eigenvalue weighted by Gasteiger charge is 2.56. The zero-order valence-corrected chi connectivity index (χ0v) is 30.0. The molecule has 2 heterocycles. The Morgan fingerprint density at radius 3 is 1.78 bits per heavy atom. The van der Waals surface area contributed by atoms with Gasteiger partial charge in [0.1, 0.15) is 30.5 Å². The monoisotopic (exact) mass is 749 g/mol. The van der Waals surface area contributed by atoms with Crippen molar-refractivity contribution in [2.45, 2.75) is 95.0 Å². The average Bonchev–Trinajstić information content (AvgIpc) is 3.17. The largest absolute Gasteiger partial charge is 0.467 e. The number of esters is 3. The SMILES string of the molecule is COC(=O)[C@@H]1O[C@H](OC(C)=O)[C@H](OC(C)=O)[C@@H](OCc2ccccc2)[C@@H]1O[C@H]1O[C@H](COCc2ccccc2)[C@@H](O)[C@H](OCc2ccccc2)[C@H]1N=[N+]=[N-]. The Bertz CT molecular complexity index is 1700. The molecule has 5 rings (SSSR count). The van der Waals surface area contributed by atoms with Gasteiger partial charge in [0.2, 0.25) is 6.29 Å². The molecule has 0 radical (unpaired) electrons. The highest BCUT2D eigenvalue weighted by molar-refractivity contribution is 5.76. The fourth-order valence-corrected chi connectivity index (χ4v) is 6.11. The summed E-state index contributed by atoms with van der Waals surface area (Å²) in [5.74, 6) is -2.53. The van der Waals surface area contributed by atoms with Gasteiger partial charge in [-0.2, -0.15) is 0 Å². The van der Waals surface area contributed by atoms with Gasteiger partial charge in [0.15, 0.2) is 18.5 Å². The number of ether oxygens (including phenoxy) is 9. The van der Waals surface area contributed by atoms with Crippen molar-refractivity contribution < 1.29 is 62.1 Å². The molecule has 3 aromatic carbocycles. The van der Waals surface area contributed by atoms with E-state index >= 15 is 0 Å². The summed E-state index contributed by atoms with van der Waals surface area (Å²) in [6.07, 6.45) is -12.9. The van der Waals surface area contributed by atoms with Gasteiger partial charge < -0.3 is 47.7 Å². The first-order valence-electron chi connectivity index (χ1n) is 17.2. The maximum atomic E-state index is 13.4. The van der Waals surface area contributed by atoms with E-state index in [0.29, 0.717) is 5.56 Å². The van der Waals surface area contributed by atoms with Crippen molar-refractivity contribution in [3.05, 3.63) is 118 Å². The molecule has 16 heteroatoms. The molecule has 54 heavy (non-hydrogen) atoms. The number of rotatable bonds is 16. The lowest BCUT2D eigenvalue weighted by Gasteiger charge is -2.48. The van der Waals surface area contributed by atoms with Crippen molar-refractivity contribution >= 4 is 17.9 Å². The lowest BCUT2D eigenvalue weighted by atomic mass is 9.95. The van der Waals surface area contributed by atoms with Crippen LogP contribution in [0.2, 0.25) is 0 Å². The number of methoxy groups -OCH3 is 1. The number of hydrogen-bond acceptors (Lipinski definition) is 14. The van der Waals surface area contributed by atoms with Crippen LogP contribution in [0.25, 0.3) is 10.4 Å². The summed E-state index contributed by atoms with van der Waals surface area (Å²) in [5, 5.41) is 15.5. The van der Waals surface area contributed by atoms with Crippen molar-refractivity contribution in [2.24, 2.45) is 5.11 Å². The van der Waals surface area contributed by atoms with E-state index in [2.05, 4.69) is 10.0 Å². The molecule has 2 saturated heterocycles. The number of azide groups is 1. The van der Waals surface area contributed by atoms with Crippen LogP contribution in [0.1, 0.15) is 30.5 Å². The van der Waals surface area contributed by atoms with Crippen LogP contribution in [0.3, 0.4) is 0 Å². The van der Waals surface area contributed by atoms with E-state index in [4.69, 9.17) is 42.6 Å². The molecular weight excluding hydrogens is 706 g/mol. The van der Waals surface area contributed by atoms with Crippen LogP contribution in [-0.2, 0) is 76.8 Å². The molecule has 16 nitrogen and oxygen atoms in total. The molecule has 0 unspecified atom stereocenters. The van der Waals surface area contributed by atoms with Gasteiger partial charge in [-0.15, -0.1) is 0 Å². The third-order valence-electron chi connectivity index (χ3n) is 8.59. The Hall–Kier alpha value is -4.90. The first kappa shape index (κ1) is 40.3. The summed E-state index contributed by atoms with van der Waals surface area (Å²) in [6.45, 7) is 2.23. The second kappa shape index (κ2) is 20.0. The summed E-state index contributed by atoms with van der Waals surface area (Å²) >= 11 is 0. The topological polar surface area (TPSA) is 203 Å². The molecule has 0 saturated carbocycles. The lowest BCUT2D eigenvalue weighted by molar-refractivity contribution is -0.343. The molecule has 0 aliphatic carbocycles. The van der Waals surface area contributed by atoms with Gasteiger partial charge >= 0.3 is 17.9 Å². The number of carbonyl (C=O) groups excluding carboxylic acids is 3. The van der Waals surface area contributed by atoms with Crippen LogP contribution in [0, 0.1) is 0 Å². The lowest BCUT2D eigenvalue weighted by Crippen LogP contribution is -2.66. The number of carbonyl (C=O) groups is 3. The predicted octanol–water partition coefficient (Wildman–Crippen LogP) is 3.92. The third-order valence-corrected chi connectivity index (χ3v) is 8.59. The van der Waals surface area contributed by atoms with Gasteiger partial charge in [-0.25, -0.2) is 4.79 Å². The quantitative estimate of drug-likeness (QED) is 0.0727. The van der Waals surface area contributed by atoms with Gasteiger partial charge in [0.25, 0.3) is 0 Å². The zero-order valence-electron chi connectivity index (χ0n) is 30.0. The Kier molecular flexibility index (Phi) is 14.9. The second-order valence-electron chi connectivity index (χ2n) is 12.5. The number of aliphatic hydroxyl groups excluding tert-OH is 1. The highest BCUT2D eigenvalue weighted by Crippen LogP contribution is 2.35. The fraction of sp³-hybridized carbons (Fsp3) is 0.447. The summed E-state index contributed by atoms with van der Waals surface area (Å²) in [7, 11) is 1.12. The smallest absolute Gasteiger partial charge is 0.338 e. The molecule has 0 bridgehead atoms. The number of hydrogen-bond donors (Lipinski definition) is 1. The van der Waals surface area contributed by atoms with E-state index in [0.717, 1.165) is 32.1 Å². The van der Waals surface area contributed by atoms with Gasteiger partial charge in [-0.1, -0.05) is 96.1 Å². The molecule has 0 aromatic heterocycles. The molecule has 10 atom stereocenters. The van der Waals surface area contributed by atoms with E-state index in [1.807, 2.05) is 66.7 Å². The minimum atomic E-state index is -1.66. The predicted molar refractivity (Wildman–Crippen MR) is 187 cm³/mol. The fourth-order valence-electron chi connectivity index (χ4n) is 6.11. The van der Waals surface area contributed by atoms with Crippen LogP contribution in [-0.4, -0.2) is 98.1 Å². The maximum Gasteiger partial charge on any atom is 0.338 e. The van der Waals surface area contributed by atoms with Gasteiger partial charge in [-0.3, -0.25) is 9.59 Å². The molecule has 0 spiro atoms. The summed E-state index contributed by atoms with van der Waals surface area (Å²) in [6, 6.07) is 26.1. The number of nitrogens with zero attached hydrogens (tertiary/aromatic N) is 3. The Labute approximate surface area is 311 Å². The van der Waals surface area contributed by atoms with E-state index in [1.54, 1.807) is 24.3 Å². The molecule has 2 fully saturated rings. The number of aliphatic hydroxyl groups is 1. The Morgan fingerprint density at radius 1 is 0.722 bits per heavy atom. The molecule has 1 N–H and O–H groups in total. The van der Waals surface area contributed by atoms with Crippen LogP contribution in [0.15, 0.2) is 96.1 Å². The van der Waals surface area contributed by atoms with E-state index in [9.17, 15) is 25.0 Å². The van der Waals surface area contributed by atoms with Gasteiger partial charge in [0, 0.05) is 18.8 Å². The van der Waals surface area contributed by atoms with Gasteiger partial charge in [0.05, 0.1) is 39.6 Å². The van der Waals surface area contributed by atoms with Crippen LogP contribution >= 0.6 is 0 Å². The molecule has 3 aromatic rings. The zero-order chi connectivity index (χ0) is 38.5. The van der Waals surface area contributed by atoms with E-state index in [1.165, 1.54) is 0 Å². The first-order valence-corrected chi connectivity index (χ1v) is 17.2. The maximum absolute atomic E-state index is 13.4. The normalized spacial score (nSPS) is 27.9. The van der Waals surface area contributed by atoms with Crippen LogP contribution in [0.5, 0.6) is 0 Å². The summed E-state index contributed by atoms with van der Waals surface area (Å²) in [5.41, 5.74) is 12.1. The molecule has 288 valence electrons. The summed E-state index contributed by atoms with van der Waals surface area (Å²) < 4.78 is 53.2. The van der Waals surface area contributed by atoms with Crippen LogP contribution in [0.4, 0.5) is 0 Å². The van der Waals surface area contributed by atoms with Crippen molar-refractivity contribution in [1.82, 2.24) is 0 Å². The third kappa shape index (κ3) is 10.8. The molecule has 2 aliphatic heterocycles. The van der Waals surface area contributed by atoms with Crippen LogP contribution < -0.4 is 0 Å². The highest BCUT2D eigenvalue weighted by atomic mass is 16.8. The van der Waals surface area contributed by atoms with E-state index < -0.39 is 79.3 Å². The Morgan fingerprint density at radius 2 is 1.26 bits per heavy atom. The number of benzene rings is 3. The average molecular weight is 750 g/mol.